The number of hydrogen-bond donors (Lipinski definition) is 2. The van der Waals surface area contributed by atoms with Crippen molar-refractivity contribution in [2.24, 2.45) is 0 Å². The third-order valence-electron chi connectivity index (χ3n) is 2.96. The lowest BCUT2D eigenvalue weighted by Gasteiger charge is -2.21. The first-order chi connectivity index (χ1) is 9.13. The van der Waals surface area contributed by atoms with Gasteiger partial charge in [0.1, 0.15) is 0 Å². The number of nitrogens with one attached hydrogen (secondary N) is 1. The van der Waals surface area contributed by atoms with Gasteiger partial charge < -0.3 is 20.1 Å². The number of amides is 2. The third-order valence-corrected chi connectivity index (χ3v) is 2.96. The van der Waals surface area contributed by atoms with E-state index in [4.69, 9.17) is 9.84 Å². The van der Waals surface area contributed by atoms with Crippen molar-refractivity contribution in [3.63, 3.8) is 0 Å². The fraction of sp³-hybridized carbons (Fsp3) is 0.833. The van der Waals surface area contributed by atoms with Gasteiger partial charge in [-0.2, -0.15) is 0 Å². The zero-order valence-electron chi connectivity index (χ0n) is 11.4. The van der Waals surface area contributed by atoms with Crippen LogP contribution in [0.4, 0.5) is 4.79 Å². The smallest absolute Gasteiger partial charge is 0.317 e. The highest BCUT2D eigenvalue weighted by molar-refractivity contribution is 5.74. The van der Waals surface area contributed by atoms with E-state index in [0.29, 0.717) is 39.4 Å². The SMILES string of the molecule is CCOCCNC(=O)N1CCCN(CC(=O)O)CC1. The molecule has 0 bridgehead atoms. The minimum atomic E-state index is -0.824. The number of urea groups is 1. The molecule has 110 valence electrons. The Morgan fingerprint density at radius 1 is 1.26 bits per heavy atom. The van der Waals surface area contributed by atoms with Crippen molar-refractivity contribution in [1.29, 1.82) is 0 Å². The summed E-state index contributed by atoms with van der Waals surface area (Å²) >= 11 is 0. The van der Waals surface area contributed by atoms with Gasteiger partial charge in [-0.3, -0.25) is 9.69 Å². The van der Waals surface area contributed by atoms with Gasteiger partial charge in [-0.15, -0.1) is 0 Å². The van der Waals surface area contributed by atoms with Crippen LogP contribution in [0.25, 0.3) is 0 Å². The highest BCUT2D eigenvalue weighted by Gasteiger charge is 2.19. The maximum atomic E-state index is 11.9. The first-order valence-electron chi connectivity index (χ1n) is 6.68. The number of carbonyl (C=O) groups excluding carboxylic acids is 1. The summed E-state index contributed by atoms with van der Waals surface area (Å²) in [6, 6.07) is -0.100. The Bertz CT molecular complexity index is 299. The van der Waals surface area contributed by atoms with Crippen molar-refractivity contribution < 1.29 is 19.4 Å². The van der Waals surface area contributed by atoms with Crippen LogP contribution in [0.5, 0.6) is 0 Å². The molecule has 0 aromatic carbocycles. The summed E-state index contributed by atoms with van der Waals surface area (Å²) in [6.07, 6.45) is 0.798. The van der Waals surface area contributed by atoms with E-state index in [0.717, 1.165) is 13.0 Å². The highest BCUT2D eigenvalue weighted by Crippen LogP contribution is 2.03. The Morgan fingerprint density at radius 2 is 2.05 bits per heavy atom. The summed E-state index contributed by atoms with van der Waals surface area (Å²) in [5.41, 5.74) is 0. The molecule has 0 radical (unpaired) electrons. The average molecular weight is 273 g/mol. The van der Waals surface area contributed by atoms with E-state index in [1.807, 2.05) is 11.8 Å². The van der Waals surface area contributed by atoms with E-state index in [-0.39, 0.29) is 12.6 Å². The molecule has 1 heterocycles. The fourth-order valence-electron chi connectivity index (χ4n) is 2.01. The van der Waals surface area contributed by atoms with Gasteiger partial charge in [-0.1, -0.05) is 0 Å². The number of hydrogen-bond acceptors (Lipinski definition) is 4. The number of carbonyl (C=O) groups is 2. The predicted molar refractivity (Wildman–Crippen MR) is 70.2 cm³/mol. The maximum Gasteiger partial charge on any atom is 0.317 e. The molecular formula is C12H23N3O4. The molecule has 7 heteroatoms. The monoisotopic (exact) mass is 273 g/mol. The van der Waals surface area contributed by atoms with Crippen LogP contribution in [0.2, 0.25) is 0 Å². The second-order valence-electron chi connectivity index (χ2n) is 4.44. The Balaban J connectivity index is 2.27. The number of nitrogens with zero attached hydrogens (tertiary/aromatic N) is 2. The lowest BCUT2D eigenvalue weighted by molar-refractivity contribution is -0.138. The van der Waals surface area contributed by atoms with Crippen LogP contribution in [-0.2, 0) is 9.53 Å². The van der Waals surface area contributed by atoms with Gasteiger partial charge in [-0.05, 0) is 13.3 Å². The molecular weight excluding hydrogens is 250 g/mol. The minimum Gasteiger partial charge on any atom is -0.480 e. The van der Waals surface area contributed by atoms with E-state index in [2.05, 4.69) is 5.32 Å². The number of ether oxygens (including phenoxy) is 1. The third kappa shape index (κ3) is 6.40. The number of rotatable bonds is 6. The number of carboxylic acid groups (broad SMARTS) is 1. The standard InChI is InChI=1S/C12H23N3O4/c1-2-19-9-4-13-12(18)15-6-3-5-14(7-8-15)10-11(16)17/h2-10H2,1H3,(H,13,18)(H,16,17). The van der Waals surface area contributed by atoms with Crippen molar-refractivity contribution in [2.75, 3.05) is 52.5 Å². The van der Waals surface area contributed by atoms with Crippen molar-refractivity contribution in [2.45, 2.75) is 13.3 Å². The van der Waals surface area contributed by atoms with Crippen LogP contribution in [-0.4, -0.2) is 79.4 Å². The Labute approximate surface area is 113 Å². The highest BCUT2D eigenvalue weighted by atomic mass is 16.5. The largest absolute Gasteiger partial charge is 0.480 e. The first kappa shape index (κ1) is 15.7. The zero-order chi connectivity index (χ0) is 14.1. The zero-order valence-corrected chi connectivity index (χ0v) is 11.4. The molecule has 0 aromatic rings. The van der Waals surface area contributed by atoms with Crippen LogP contribution in [0.15, 0.2) is 0 Å². The maximum absolute atomic E-state index is 11.9. The van der Waals surface area contributed by atoms with E-state index in [9.17, 15) is 9.59 Å². The molecule has 19 heavy (non-hydrogen) atoms. The average Bonchev–Trinajstić information content (AvgIpc) is 2.59. The Hall–Kier alpha value is -1.34. The summed E-state index contributed by atoms with van der Waals surface area (Å²) in [7, 11) is 0. The van der Waals surface area contributed by atoms with Crippen molar-refractivity contribution >= 4 is 12.0 Å². The van der Waals surface area contributed by atoms with Gasteiger partial charge in [0.05, 0.1) is 13.2 Å². The van der Waals surface area contributed by atoms with Gasteiger partial charge in [0.2, 0.25) is 0 Å². The summed E-state index contributed by atoms with van der Waals surface area (Å²) in [6.45, 7) is 6.16. The number of aliphatic carboxylic acids is 1. The van der Waals surface area contributed by atoms with E-state index in [1.165, 1.54) is 0 Å². The summed E-state index contributed by atoms with van der Waals surface area (Å²) in [5, 5.41) is 11.5. The summed E-state index contributed by atoms with van der Waals surface area (Å²) < 4.78 is 5.15. The molecule has 0 aromatic heterocycles. The van der Waals surface area contributed by atoms with Gasteiger partial charge in [0.15, 0.2) is 0 Å². The Kier molecular flexibility index (Phi) is 7.20. The van der Waals surface area contributed by atoms with Crippen LogP contribution < -0.4 is 5.32 Å². The molecule has 2 N–H and O–H groups in total. The topological polar surface area (TPSA) is 82.1 Å². The van der Waals surface area contributed by atoms with Crippen molar-refractivity contribution in [3.05, 3.63) is 0 Å². The van der Waals surface area contributed by atoms with E-state index >= 15 is 0 Å². The molecule has 0 spiro atoms. The van der Waals surface area contributed by atoms with Crippen molar-refractivity contribution in [3.8, 4) is 0 Å². The summed E-state index contributed by atoms with van der Waals surface area (Å²) in [4.78, 5) is 26.1. The molecule has 0 atom stereocenters. The first-order valence-corrected chi connectivity index (χ1v) is 6.68. The summed E-state index contributed by atoms with van der Waals surface area (Å²) in [5.74, 6) is -0.824. The van der Waals surface area contributed by atoms with Gasteiger partial charge >= 0.3 is 12.0 Å². The van der Waals surface area contributed by atoms with E-state index < -0.39 is 5.97 Å². The molecule has 0 aliphatic carbocycles. The van der Waals surface area contributed by atoms with Crippen LogP contribution >= 0.6 is 0 Å². The normalized spacial score (nSPS) is 17.0. The molecule has 2 amide bonds. The van der Waals surface area contributed by atoms with Crippen LogP contribution in [0.1, 0.15) is 13.3 Å². The van der Waals surface area contributed by atoms with Crippen LogP contribution in [0, 0.1) is 0 Å². The minimum absolute atomic E-state index is 0.0415. The lowest BCUT2D eigenvalue weighted by Crippen LogP contribution is -2.43. The van der Waals surface area contributed by atoms with E-state index in [1.54, 1.807) is 4.90 Å². The van der Waals surface area contributed by atoms with Gasteiger partial charge in [0.25, 0.3) is 0 Å². The number of carboxylic acids is 1. The van der Waals surface area contributed by atoms with Crippen LogP contribution in [0.3, 0.4) is 0 Å². The molecule has 1 rings (SSSR count). The molecule has 1 aliphatic rings. The quantitative estimate of drug-likeness (QED) is 0.656. The molecule has 7 nitrogen and oxygen atoms in total. The van der Waals surface area contributed by atoms with Crippen molar-refractivity contribution in [1.82, 2.24) is 15.1 Å². The molecule has 1 saturated heterocycles. The lowest BCUT2D eigenvalue weighted by atomic mass is 10.4. The molecule has 1 fully saturated rings. The predicted octanol–water partition coefficient (Wildman–Crippen LogP) is -0.175. The molecule has 0 saturated carbocycles. The van der Waals surface area contributed by atoms with Gasteiger partial charge in [0, 0.05) is 39.3 Å². The molecule has 0 unspecified atom stereocenters. The van der Waals surface area contributed by atoms with Gasteiger partial charge in [-0.25, -0.2) is 4.79 Å². The Morgan fingerprint density at radius 3 is 2.74 bits per heavy atom. The fourth-order valence-corrected chi connectivity index (χ4v) is 2.01. The molecule has 1 aliphatic heterocycles. The second kappa shape index (κ2) is 8.71. The second-order valence-corrected chi connectivity index (χ2v) is 4.44.